The first kappa shape index (κ1) is 18.4. The predicted molar refractivity (Wildman–Crippen MR) is 90.0 cm³/mol. The van der Waals surface area contributed by atoms with E-state index in [9.17, 15) is 19.1 Å². The first-order chi connectivity index (χ1) is 11.5. The Hall–Kier alpha value is -1.91. The highest BCUT2D eigenvalue weighted by atomic mass is 19.1. The summed E-state index contributed by atoms with van der Waals surface area (Å²) in [6.45, 7) is 1.95. The lowest BCUT2D eigenvalue weighted by molar-refractivity contribution is -0.143. The molecule has 0 aliphatic heterocycles. The van der Waals surface area contributed by atoms with E-state index in [1.807, 2.05) is 13.0 Å². The Balaban J connectivity index is 1.87. The molecule has 5 heteroatoms. The fourth-order valence-corrected chi connectivity index (χ4v) is 3.50. The highest BCUT2D eigenvalue weighted by Gasteiger charge is 2.30. The van der Waals surface area contributed by atoms with E-state index >= 15 is 0 Å². The molecule has 0 saturated heterocycles. The average Bonchev–Trinajstić information content (AvgIpc) is 2.72. The van der Waals surface area contributed by atoms with Crippen molar-refractivity contribution in [1.82, 2.24) is 5.32 Å². The number of halogens is 1. The lowest BCUT2D eigenvalue weighted by Gasteiger charge is -2.23. The van der Waals surface area contributed by atoms with Gasteiger partial charge in [0, 0.05) is 12.5 Å². The first-order valence-electron chi connectivity index (χ1n) is 8.72. The summed E-state index contributed by atoms with van der Waals surface area (Å²) in [6, 6.07) is 6.13. The van der Waals surface area contributed by atoms with E-state index in [0.717, 1.165) is 31.2 Å². The molecule has 1 aromatic carbocycles. The minimum Gasteiger partial charge on any atom is -0.481 e. The Morgan fingerprint density at radius 1 is 1.29 bits per heavy atom. The smallest absolute Gasteiger partial charge is 0.308 e. The van der Waals surface area contributed by atoms with Crippen LogP contribution in [0.4, 0.5) is 4.39 Å². The maximum absolute atomic E-state index is 13.2. The Bertz CT molecular complexity index is 575. The topological polar surface area (TPSA) is 66.4 Å². The molecule has 0 radical (unpaired) electrons. The number of aliphatic carboxylic acids is 1. The summed E-state index contributed by atoms with van der Waals surface area (Å²) in [7, 11) is 0. The van der Waals surface area contributed by atoms with Crippen LogP contribution in [0.5, 0.6) is 0 Å². The van der Waals surface area contributed by atoms with Gasteiger partial charge >= 0.3 is 5.97 Å². The third kappa shape index (κ3) is 5.62. The Labute approximate surface area is 142 Å². The van der Waals surface area contributed by atoms with Crippen molar-refractivity contribution in [3.8, 4) is 0 Å². The molecule has 3 atom stereocenters. The van der Waals surface area contributed by atoms with Gasteiger partial charge in [-0.05, 0) is 42.9 Å². The second kappa shape index (κ2) is 8.81. The van der Waals surface area contributed by atoms with Crippen molar-refractivity contribution in [2.75, 3.05) is 0 Å². The van der Waals surface area contributed by atoms with Crippen LogP contribution in [0.15, 0.2) is 24.3 Å². The third-order valence-electron chi connectivity index (χ3n) is 4.69. The van der Waals surface area contributed by atoms with Crippen LogP contribution in [-0.2, 0) is 16.0 Å². The van der Waals surface area contributed by atoms with E-state index in [1.165, 1.54) is 12.1 Å². The SMILES string of the molecule is CC(CC(=O)N[C@H]1CCCCC[C@H]1C(=O)O)Cc1cccc(F)c1. The van der Waals surface area contributed by atoms with Gasteiger partial charge in [-0.25, -0.2) is 4.39 Å². The summed E-state index contributed by atoms with van der Waals surface area (Å²) in [5.41, 5.74) is 0.869. The zero-order valence-corrected chi connectivity index (χ0v) is 14.1. The van der Waals surface area contributed by atoms with Crippen LogP contribution >= 0.6 is 0 Å². The van der Waals surface area contributed by atoms with E-state index in [1.54, 1.807) is 6.07 Å². The van der Waals surface area contributed by atoms with Crippen molar-refractivity contribution >= 4 is 11.9 Å². The summed E-state index contributed by atoms with van der Waals surface area (Å²) in [4.78, 5) is 23.7. The molecule has 1 aliphatic rings. The average molecular weight is 335 g/mol. The normalized spacial score (nSPS) is 22.4. The number of amides is 1. The van der Waals surface area contributed by atoms with Crippen molar-refractivity contribution in [1.29, 1.82) is 0 Å². The van der Waals surface area contributed by atoms with Gasteiger partial charge in [0.1, 0.15) is 5.82 Å². The number of rotatable bonds is 6. The number of carbonyl (C=O) groups is 2. The fraction of sp³-hybridized carbons (Fsp3) is 0.579. The van der Waals surface area contributed by atoms with Gasteiger partial charge in [0.15, 0.2) is 0 Å². The molecular formula is C19H26FNO3. The van der Waals surface area contributed by atoms with Gasteiger partial charge in [-0.15, -0.1) is 0 Å². The van der Waals surface area contributed by atoms with Crippen molar-refractivity contribution in [2.45, 2.75) is 57.9 Å². The van der Waals surface area contributed by atoms with Crippen LogP contribution in [0.1, 0.15) is 51.0 Å². The second-order valence-corrected chi connectivity index (χ2v) is 6.90. The van der Waals surface area contributed by atoms with Crippen LogP contribution in [0, 0.1) is 17.7 Å². The molecule has 2 N–H and O–H groups in total. The summed E-state index contributed by atoms with van der Waals surface area (Å²) in [5, 5.41) is 12.3. The van der Waals surface area contributed by atoms with Gasteiger partial charge in [0.2, 0.25) is 5.91 Å². The lowest BCUT2D eigenvalue weighted by atomic mass is 9.93. The maximum atomic E-state index is 13.2. The molecule has 0 aromatic heterocycles. The predicted octanol–water partition coefficient (Wildman–Crippen LogP) is 3.54. The molecule has 2 rings (SSSR count). The number of hydrogen-bond donors (Lipinski definition) is 2. The zero-order valence-electron chi connectivity index (χ0n) is 14.1. The monoisotopic (exact) mass is 335 g/mol. The van der Waals surface area contributed by atoms with Gasteiger partial charge in [0.25, 0.3) is 0 Å². The number of hydrogen-bond acceptors (Lipinski definition) is 2. The van der Waals surface area contributed by atoms with Crippen LogP contribution < -0.4 is 5.32 Å². The van der Waals surface area contributed by atoms with E-state index in [2.05, 4.69) is 5.32 Å². The van der Waals surface area contributed by atoms with Crippen molar-refractivity contribution in [3.63, 3.8) is 0 Å². The van der Waals surface area contributed by atoms with E-state index in [-0.39, 0.29) is 23.7 Å². The van der Waals surface area contributed by atoms with Gasteiger partial charge in [0.05, 0.1) is 5.92 Å². The zero-order chi connectivity index (χ0) is 17.5. The minimum atomic E-state index is -0.824. The Morgan fingerprint density at radius 3 is 2.75 bits per heavy atom. The summed E-state index contributed by atoms with van der Waals surface area (Å²) < 4.78 is 13.2. The van der Waals surface area contributed by atoms with Crippen molar-refractivity contribution in [2.24, 2.45) is 11.8 Å². The number of carboxylic acids is 1. The minimum absolute atomic E-state index is 0.0702. The van der Waals surface area contributed by atoms with Crippen molar-refractivity contribution in [3.05, 3.63) is 35.6 Å². The summed E-state index contributed by atoms with van der Waals surface area (Å²) in [5.74, 6) is -1.63. The van der Waals surface area contributed by atoms with Gasteiger partial charge in [-0.2, -0.15) is 0 Å². The molecule has 0 spiro atoms. The Kier molecular flexibility index (Phi) is 6.76. The highest BCUT2D eigenvalue weighted by Crippen LogP contribution is 2.24. The van der Waals surface area contributed by atoms with Crippen molar-refractivity contribution < 1.29 is 19.1 Å². The van der Waals surface area contributed by atoms with Crippen LogP contribution in [0.3, 0.4) is 0 Å². The largest absolute Gasteiger partial charge is 0.481 e. The third-order valence-corrected chi connectivity index (χ3v) is 4.69. The number of nitrogens with one attached hydrogen (secondary N) is 1. The molecule has 1 saturated carbocycles. The molecule has 132 valence electrons. The van der Waals surface area contributed by atoms with Gasteiger partial charge in [-0.1, -0.05) is 38.3 Å². The molecule has 1 fully saturated rings. The van der Waals surface area contributed by atoms with E-state index in [4.69, 9.17) is 0 Å². The van der Waals surface area contributed by atoms with Crippen LogP contribution in [0.2, 0.25) is 0 Å². The van der Waals surface area contributed by atoms with E-state index in [0.29, 0.717) is 19.3 Å². The Morgan fingerprint density at radius 2 is 2.04 bits per heavy atom. The molecule has 0 bridgehead atoms. The maximum Gasteiger partial charge on any atom is 0.308 e. The number of benzene rings is 1. The molecule has 1 aromatic rings. The molecule has 1 unspecified atom stereocenters. The summed E-state index contributed by atoms with van der Waals surface area (Å²) >= 11 is 0. The standard InChI is InChI=1S/C19H26FNO3/c1-13(10-14-6-5-7-15(20)12-14)11-18(22)21-17-9-4-2-3-8-16(17)19(23)24/h5-7,12-13,16-17H,2-4,8-11H2,1H3,(H,21,22)(H,23,24)/t13?,16-,17+/m1/s1. The van der Waals surface area contributed by atoms with E-state index < -0.39 is 11.9 Å². The first-order valence-corrected chi connectivity index (χ1v) is 8.72. The van der Waals surface area contributed by atoms with Crippen LogP contribution in [-0.4, -0.2) is 23.0 Å². The lowest BCUT2D eigenvalue weighted by Crippen LogP contribution is -2.43. The highest BCUT2D eigenvalue weighted by molar-refractivity contribution is 5.78. The van der Waals surface area contributed by atoms with Crippen LogP contribution in [0.25, 0.3) is 0 Å². The molecule has 0 heterocycles. The number of carbonyl (C=O) groups excluding carboxylic acids is 1. The summed E-state index contributed by atoms with van der Waals surface area (Å²) in [6.07, 6.45) is 5.16. The molecule has 24 heavy (non-hydrogen) atoms. The molecule has 1 amide bonds. The molecule has 1 aliphatic carbocycles. The van der Waals surface area contributed by atoms with Gasteiger partial charge in [-0.3, -0.25) is 9.59 Å². The number of carboxylic acid groups (broad SMARTS) is 1. The molecule has 4 nitrogen and oxygen atoms in total. The fourth-order valence-electron chi connectivity index (χ4n) is 3.50. The molecular weight excluding hydrogens is 309 g/mol. The quantitative estimate of drug-likeness (QED) is 0.781. The second-order valence-electron chi connectivity index (χ2n) is 6.90. The van der Waals surface area contributed by atoms with Gasteiger partial charge < -0.3 is 10.4 Å².